The van der Waals surface area contributed by atoms with Crippen LogP contribution < -0.4 is 114 Å². The lowest BCUT2D eigenvalue weighted by Gasteiger charge is -2.28. The fourth-order valence-electron chi connectivity index (χ4n) is 14.5. The highest BCUT2D eigenvalue weighted by atomic mass is 16.6. The molecule has 4 atom stereocenters. The van der Waals surface area contributed by atoms with Crippen LogP contribution in [0.25, 0.3) is 0 Å². The van der Waals surface area contributed by atoms with Crippen LogP contribution >= 0.6 is 0 Å². The lowest BCUT2D eigenvalue weighted by Crippen LogP contribution is -2.27. The van der Waals surface area contributed by atoms with Gasteiger partial charge in [-0.25, -0.2) is 19.2 Å². The molecule has 0 amide bonds. The van der Waals surface area contributed by atoms with Gasteiger partial charge in [-0.1, -0.05) is 0 Å². The predicted molar refractivity (Wildman–Crippen MR) is 457 cm³/mol. The molecule has 0 aliphatic rings. The minimum atomic E-state index is -0.607. The van der Waals surface area contributed by atoms with Crippen LogP contribution in [0.3, 0.4) is 0 Å². The van der Waals surface area contributed by atoms with Gasteiger partial charge in [-0.2, -0.15) is 0 Å². The molecule has 0 spiro atoms. The van der Waals surface area contributed by atoms with Gasteiger partial charge in [-0.15, -0.1) is 0 Å². The lowest BCUT2D eigenvalue weighted by molar-refractivity contribution is 0.0358. The molecule has 0 aliphatic heterocycles. The van der Waals surface area contributed by atoms with Crippen LogP contribution in [0, 0.1) is 23.7 Å². The van der Waals surface area contributed by atoms with E-state index in [0.717, 1.165) is 22.3 Å². The largest absolute Gasteiger partial charge is 0.493 e. The molecule has 0 aliphatic carbocycles. The van der Waals surface area contributed by atoms with Crippen molar-refractivity contribution in [3.05, 3.63) is 142 Å². The molecule has 0 fully saturated rings. The minimum Gasteiger partial charge on any atom is -0.493 e. The average molecular weight is 1730 g/mol. The van der Waals surface area contributed by atoms with Gasteiger partial charge in [0.15, 0.2) is 92.0 Å². The molecule has 32 heteroatoms. The van der Waals surface area contributed by atoms with Gasteiger partial charge in [0.1, 0.15) is 0 Å². The molecule has 32 nitrogen and oxygen atoms in total. The third-order valence-corrected chi connectivity index (χ3v) is 20.6. The van der Waals surface area contributed by atoms with Crippen molar-refractivity contribution in [2.45, 2.75) is 51.4 Å². The molecule has 8 aromatic carbocycles. The summed E-state index contributed by atoms with van der Waals surface area (Å²) in [6, 6.07) is 27.3. The third kappa shape index (κ3) is 24.6. The second-order valence-corrected chi connectivity index (χ2v) is 27.4. The zero-order chi connectivity index (χ0) is 90.7. The number of esters is 4. The van der Waals surface area contributed by atoms with Gasteiger partial charge >= 0.3 is 23.9 Å². The van der Waals surface area contributed by atoms with Crippen molar-refractivity contribution in [3.8, 4) is 138 Å². The molecule has 0 saturated heterocycles. The topological polar surface area (TPSA) is 327 Å². The van der Waals surface area contributed by atoms with Crippen LogP contribution in [0.5, 0.6) is 138 Å². The van der Waals surface area contributed by atoms with Crippen molar-refractivity contribution >= 4 is 23.9 Å². The van der Waals surface area contributed by atoms with E-state index in [0.29, 0.717) is 189 Å². The highest BCUT2D eigenvalue weighted by Crippen LogP contribution is 2.48. The quantitative estimate of drug-likeness (QED) is 0.0194. The standard InChI is InChI=1S/2C46H58O16/c2*1-49-33-18-27(19-34(50-2)41(33)57-9)16-29(14-13-15-61-45(47)30-22-37(53-5)43(59-11)38(23-30)54-6)32(17-28-20-35(51-3)42(58-10)36(21-28)52-4)26-62-46(48)31-24-39(55-7)44(60-12)40(25-31)56-8/h2*18-25,29,32H,13-17,26H2,1-12H3/t2*29-,32+/m10/s1. The Morgan fingerprint density at radius 2 is 0.339 bits per heavy atom. The number of hydrogen-bond donors (Lipinski definition) is 0. The van der Waals surface area contributed by atoms with E-state index in [1.807, 2.05) is 48.5 Å². The summed E-state index contributed by atoms with van der Waals surface area (Å²) >= 11 is 0. The highest BCUT2D eigenvalue weighted by molar-refractivity contribution is 5.93. The maximum absolute atomic E-state index is 13.9. The summed E-state index contributed by atoms with van der Waals surface area (Å²) in [5.74, 6) is 5.98. The second-order valence-electron chi connectivity index (χ2n) is 27.4. The minimum absolute atomic E-state index is 0.0214. The molecule has 8 rings (SSSR count). The zero-order valence-corrected chi connectivity index (χ0v) is 75.1. The Hall–Kier alpha value is -13.2. The normalized spacial score (nSPS) is 11.6. The highest BCUT2D eigenvalue weighted by Gasteiger charge is 2.33. The van der Waals surface area contributed by atoms with Crippen molar-refractivity contribution in [2.75, 3.05) is 197 Å². The third-order valence-electron chi connectivity index (χ3n) is 20.6. The number of ether oxygens (including phenoxy) is 28. The molecule has 124 heavy (non-hydrogen) atoms. The van der Waals surface area contributed by atoms with Crippen LogP contribution in [-0.2, 0) is 44.6 Å². The molecular weight excluding hydrogens is 1620 g/mol. The average Bonchev–Trinajstić information content (AvgIpc) is 0.775. The number of carbonyl (C=O) groups excluding carboxylic acids is 4. The summed E-state index contributed by atoms with van der Waals surface area (Å²) < 4.78 is 157. The van der Waals surface area contributed by atoms with Gasteiger partial charge in [-0.3, -0.25) is 0 Å². The Morgan fingerprint density at radius 1 is 0.194 bits per heavy atom. The lowest BCUT2D eigenvalue weighted by atomic mass is 9.80. The monoisotopic (exact) mass is 1730 g/mol. The Balaban J connectivity index is 0.000000341. The van der Waals surface area contributed by atoms with Gasteiger partial charge < -0.3 is 133 Å². The van der Waals surface area contributed by atoms with E-state index in [1.54, 1.807) is 56.9 Å². The van der Waals surface area contributed by atoms with Crippen molar-refractivity contribution in [1.82, 2.24) is 0 Å². The van der Waals surface area contributed by atoms with Crippen molar-refractivity contribution in [1.29, 1.82) is 0 Å². The van der Waals surface area contributed by atoms with Crippen molar-refractivity contribution < 1.29 is 152 Å². The maximum atomic E-state index is 13.9. The van der Waals surface area contributed by atoms with E-state index in [4.69, 9.17) is 133 Å². The van der Waals surface area contributed by atoms with Gasteiger partial charge in [0.25, 0.3) is 0 Å². The summed E-state index contributed by atoms with van der Waals surface area (Å²) in [6.45, 7) is 0.103. The number of hydrogen-bond acceptors (Lipinski definition) is 32. The fraction of sp³-hybridized carbons (Fsp3) is 0.435. The Labute approximate surface area is 724 Å². The van der Waals surface area contributed by atoms with Crippen molar-refractivity contribution in [2.24, 2.45) is 23.7 Å². The van der Waals surface area contributed by atoms with Crippen molar-refractivity contribution in [3.63, 3.8) is 0 Å². The SMILES string of the molecule is COc1cc(C[C@@H](CCCOC(=O)c2cc(OC)c(OC)c(OC)c2)[C@H](COC(=O)c2cc(OC)c(OC)c(OC)c2)Cc2cc(OC)c(OC)c(OC)c2)cc(OC)c1OC.COc1cc(C[C@H](CCCOC(=O)c2cc(OC)c(OC)c(OC)c2)[C@@H](COC(=O)c2cc(OC)c(OC)c(OC)c2)Cc2cc(OC)c(OC)c(OC)c2)cc(OC)c1OC. The summed E-state index contributed by atoms with van der Waals surface area (Å²) in [6.07, 6.45) is 3.67. The predicted octanol–water partition coefficient (Wildman–Crippen LogP) is 14.6. The first-order chi connectivity index (χ1) is 60.0. The molecule has 0 bridgehead atoms. The summed E-state index contributed by atoms with van der Waals surface area (Å²) in [5.41, 5.74) is 4.25. The van der Waals surface area contributed by atoms with E-state index >= 15 is 0 Å². The van der Waals surface area contributed by atoms with E-state index in [2.05, 4.69) is 0 Å². The molecule has 0 radical (unpaired) electrons. The molecule has 8 aromatic rings. The van der Waals surface area contributed by atoms with Gasteiger partial charge in [-0.05, 0) is 183 Å². The first kappa shape index (κ1) is 98.0. The van der Waals surface area contributed by atoms with E-state index < -0.39 is 23.9 Å². The number of rotatable bonds is 50. The first-order valence-corrected chi connectivity index (χ1v) is 39.1. The first-order valence-electron chi connectivity index (χ1n) is 39.1. The maximum Gasteiger partial charge on any atom is 0.338 e. The van der Waals surface area contributed by atoms with E-state index in [1.165, 1.54) is 162 Å². The summed E-state index contributed by atoms with van der Waals surface area (Å²) in [5, 5.41) is 0. The molecule has 676 valence electrons. The summed E-state index contributed by atoms with van der Waals surface area (Å²) in [4.78, 5) is 54.5. The van der Waals surface area contributed by atoms with Crippen LogP contribution in [0.4, 0.5) is 0 Å². The molecule has 0 unspecified atom stereocenters. The Morgan fingerprint density at radius 3 is 0.492 bits per heavy atom. The fourth-order valence-corrected chi connectivity index (χ4v) is 14.5. The molecular formula is C92H116O32. The molecule has 0 N–H and O–H groups in total. The Bertz CT molecular complexity index is 4330. The van der Waals surface area contributed by atoms with Crippen LogP contribution in [0.2, 0.25) is 0 Å². The zero-order valence-electron chi connectivity index (χ0n) is 75.1. The van der Waals surface area contributed by atoms with Gasteiger partial charge in [0, 0.05) is 11.8 Å². The van der Waals surface area contributed by atoms with E-state index in [-0.39, 0.29) is 72.4 Å². The second kappa shape index (κ2) is 49.1. The van der Waals surface area contributed by atoms with Crippen LogP contribution in [0.15, 0.2) is 97.1 Å². The molecule has 0 heterocycles. The Kier molecular flexibility index (Phi) is 38.8. The number of benzene rings is 8. The van der Waals surface area contributed by atoms with Gasteiger partial charge in [0.05, 0.1) is 219 Å². The van der Waals surface area contributed by atoms with Gasteiger partial charge in [0.2, 0.25) is 46.0 Å². The number of methoxy groups -OCH3 is 24. The smallest absolute Gasteiger partial charge is 0.338 e. The molecule has 0 saturated carbocycles. The van der Waals surface area contributed by atoms with Crippen LogP contribution in [0.1, 0.15) is 89.4 Å². The van der Waals surface area contributed by atoms with Crippen LogP contribution in [-0.4, -0.2) is 221 Å². The number of carbonyl (C=O) groups is 4. The summed E-state index contributed by atoms with van der Waals surface area (Å²) in [7, 11) is 36.2. The molecule has 0 aromatic heterocycles. The van der Waals surface area contributed by atoms with E-state index in [9.17, 15) is 19.2 Å².